The topological polar surface area (TPSA) is 264 Å². The van der Waals surface area contributed by atoms with Gasteiger partial charge in [0.05, 0.1) is 6.61 Å². The highest BCUT2D eigenvalue weighted by atomic mass is 31.3. The van der Waals surface area contributed by atoms with Gasteiger partial charge in [-0.15, -0.1) is 0 Å². The number of ether oxygens (including phenoxy) is 1. The minimum atomic E-state index is -5.73. The average molecular weight is 484 g/mol. The molecule has 20 heteroatoms. The zero-order chi connectivity index (χ0) is 22.2. The van der Waals surface area contributed by atoms with E-state index in [1.165, 1.54) is 0 Å². The quantitative estimate of drug-likeness (QED) is 0.188. The van der Waals surface area contributed by atoms with Gasteiger partial charge in [-0.1, -0.05) is 0 Å². The van der Waals surface area contributed by atoms with E-state index in [0.717, 1.165) is 12.3 Å². The first-order chi connectivity index (χ1) is 13.1. The number of aliphatic hydroxyl groups excluding tert-OH is 2. The fourth-order valence-corrected chi connectivity index (χ4v) is 5.23. The molecule has 2 heterocycles. The minimum absolute atomic E-state index is 0.708. The number of nitrogens with zero attached hydrogens (tertiary/aromatic N) is 1. The molecule has 6 atom stereocenters. The number of phosphoric ester groups is 1. The lowest BCUT2D eigenvalue weighted by atomic mass is 10.1. The largest absolute Gasteiger partial charge is 0.490 e. The summed E-state index contributed by atoms with van der Waals surface area (Å²) >= 11 is 0. The summed E-state index contributed by atoms with van der Waals surface area (Å²) in [6, 6.07) is 0.920. The zero-order valence-electron chi connectivity index (χ0n) is 13.8. The number of aromatic amines is 1. The highest BCUT2D eigenvalue weighted by molar-refractivity contribution is 7.66. The van der Waals surface area contributed by atoms with Crippen LogP contribution in [0.5, 0.6) is 0 Å². The molecule has 0 radical (unpaired) electrons. The van der Waals surface area contributed by atoms with Crippen molar-refractivity contribution in [1.82, 2.24) is 9.55 Å². The molecule has 166 valence electrons. The number of hydrogen-bond donors (Lipinski definition) is 7. The van der Waals surface area contributed by atoms with Crippen LogP contribution in [0.4, 0.5) is 0 Å². The fraction of sp³-hybridized carbons (Fsp3) is 0.556. The maximum atomic E-state index is 11.7. The molecule has 1 saturated heterocycles. The number of rotatable bonds is 8. The molecule has 0 saturated carbocycles. The first kappa shape index (κ1) is 24.2. The summed E-state index contributed by atoms with van der Waals surface area (Å²) in [4.78, 5) is 59.9. The summed E-state index contributed by atoms with van der Waals surface area (Å²) in [6.07, 6.45) is -5.70. The number of phosphoric acid groups is 3. The van der Waals surface area contributed by atoms with Crippen LogP contribution in [0.3, 0.4) is 0 Å². The predicted octanol–water partition coefficient (Wildman–Crippen LogP) is -2.50. The average Bonchev–Trinajstić information content (AvgIpc) is 2.78. The summed E-state index contributed by atoms with van der Waals surface area (Å²) in [5.41, 5.74) is -1.74. The Bertz CT molecular complexity index is 997. The second-order valence-corrected chi connectivity index (χ2v) is 9.87. The fourth-order valence-electron chi connectivity index (χ4n) is 2.20. The van der Waals surface area contributed by atoms with E-state index >= 15 is 0 Å². The Kier molecular flexibility index (Phi) is 7.20. The van der Waals surface area contributed by atoms with Crippen molar-refractivity contribution in [3.05, 3.63) is 33.1 Å². The molecule has 1 aliphatic heterocycles. The number of nitrogens with one attached hydrogen (secondary N) is 1. The Morgan fingerprint density at radius 3 is 2.21 bits per heavy atom. The van der Waals surface area contributed by atoms with Gasteiger partial charge < -0.3 is 34.5 Å². The van der Waals surface area contributed by atoms with Crippen molar-refractivity contribution in [2.24, 2.45) is 0 Å². The number of aliphatic hydroxyl groups is 2. The Morgan fingerprint density at radius 1 is 1.03 bits per heavy atom. The van der Waals surface area contributed by atoms with Gasteiger partial charge >= 0.3 is 29.2 Å². The number of H-pyrrole nitrogens is 1. The monoisotopic (exact) mass is 484 g/mol. The van der Waals surface area contributed by atoms with Crippen LogP contribution in [-0.2, 0) is 31.6 Å². The van der Waals surface area contributed by atoms with E-state index in [-0.39, 0.29) is 0 Å². The van der Waals surface area contributed by atoms with E-state index < -0.39 is 65.9 Å². The first-order valence-corrected chi connectivity index (χ1v) is 11.7. The molecule has 0 aliphatic carbocycles. The molecule has 17 nitrogen and oxygen atoms in total. The van der Waals surface area contributed by atoms with E-state index in [0.29, 0.717) is 4.57 Å². The zero-order valence-corrected chi connectivity index (χ0v) is 16.5. The van der Waals surface area contributed by atoms with Crippen LogP contribution in [0.15, 0.2) is 21.9 Å². The Morgan fingerprint density at radius 2 is 1.66 bits per heavy atom. The SMILES string of the molecule is O=c1ccn([C@@H]2O[C@H](COP(=O)(O)OP(=O)(O)OP(=O)(O)O)[C@H](O)C2O)c(=O)[nH]1. The molecular weight excluding hydrogens is 469 g/mol. The Labute approximate surface area is 159 Å². The van der Waals surface area contributed by atoms with Crippen molar-refractivity contribution in [2.75, 3.05) is 6.61 Å². The van der Waals surface area contributed by atoms with Crippen LogP contribution in [-0.4, -0.2) is 64.3 Å². The molecule has 0 aromatic carbocycles. The van der Waals surface area contributed by atoms with Gasteiger partial charge in [-0.25, -0.2) is 18.5 Å². The molecular formula is C9H15N2O15P3. The molecule has 29 heavy (non-hydrogen) atoms. The summed E-state index contributed by atoms with van der Waals surface area (Å²) in [5.74, 6) is 0. The molecule has 2 rings (SSSR count). The molecule has 1 aliphatic rings. The molecule has 7 N–H and O–H groups in total. The standard InChI is InChI=1S/C9H15N2O15P3/c12-5-1-2-11(9(15)10-5)8-7(14)6(13)4(24-8)3-23-28(19,20)26-29(21,22)25-27(16,17)18/h1-2,4,6-8,13-14H,3H2,(H,19,20)(H,21,22)(H,10,12,15)(H2,16,17,18)/t4-,6+,7?,8-/m1/s1. The van der Waals surface area contributed by atoms with Gasteiger partial charge in [0, 0.05) is 12.3 Å². The third kappa shape index (κ3) is 6.73. The van der Waals surface area contributed by atoms with Crippen LogP contribution < -0.4 is 11.2 Å². The third-order valence-electron chi connectivity index (χ3n) is 3.28. The summed E-state index contributed by atoms with van der Waals surface area (Å²) in [5, 5.41) is 19.9. The highest BCUT2D eigenvalue weighted by Gasteiger charge is 2.46. The van der Waals surface area contributed by atoms with Gasteiger partial charge in [0.15, 0.2) is 6.23 Å². The predicted molar refractivity (Wildman–Crippen MR) is 87.1 cm³/mol. The van der Waals surface area contributed by atoms with Crippen molar-refractivity contribution >= 4 is 23.5 Å². The first-order valence-electron chi connectivity index (χ1n) is 7.22. The van der Waals surface area contributed by atoms with Crippen LogP contribution in [0.25, 0.3) is 0 Å². The second-order valence-electron chi connectivity index (χ2n) is 5.45. The van der Waals surface area contributed by atoms with E-state index in [1.54, 1.807) is 0 Å². The lowest BCUT2D eigenvalue weighted by molar-refractivity contribution is -0.0542. The summed E-state index contributed by atoms with van der Waals surface area (Å²) in [6.45, 7) is -1.05. The van der Waals surface area contributed by atoms with E-state index in [1.807, 2.05) is 4.98 Å². The minimum Gasteiger partial charge on any atom is -0.387 e. The molecule has 3 unspecified atom stereocenters. The smallest absolute Gasteiger partial charge is 0.387 e. The number of aromatic nitrogens is 2. The maximum Gasteiger partial charge on any atom is 0.490 e. The van der Waals surface area contributed by atoms with Crippen molar-refractivity contribution in [3.63, 3.8) is 0 Å². The van der Waals surface area contributed by atoms with Crippen molar-refractivity contribution in [3.8, 4) is 0 Å². The maximum absolute atomic E-state index is 11.7. The third-order valence-corrected chi connectivity index (χ3v) is 7.08. The molecule has 0 spiro atoms. The van der Waals surface area contributed by atoms with Gasteiger partial charge in [-0.3, -0.25) is 18.9 Å². The molecule has 0 bridgehead atoms. The van der Waals surface area contributed by atoms with Crippen molar-refractivity contribution in [2.45, 2.75) is 24.5 Å². The van der Waals surface area contributed by atoms with E-state index in [9.17, 15) is 38.4 Å². The Hall–Kier alpha value is -1.03. The van der Waals surface area contributed by atoms with Crippen LogP contribution >= 0.6 is 23.5 Å². The molecule has 1 aromatic heterocycles. The van der Waals surface area contributed by atoms with Gasteiger partial charge in [-0.05, 0) is 0 Å². The Balaban J connectivity index is 2.06. The van der Waals surface area contributed by atoms with Crippen LogP contribution in [0, 0.1) is 0 Å². The van der Waals surface area contributed by atoms with Gasteiger partial charge in [0.2, 0.25) is 0 Å². The van der Waals surface area contributed by atoms with Gasteiger partial charge in [0.1, 0.15) is 18.3 Å². The highest BCUT2D eigenvalue weighted by Crippen LogP contribution is 2.66. The summed E-state index contributed by atoms with van der Waals surface area (Å²) < 4.78 is 50.6. The van der Waals surface area contributed by atoms with Crippen molar-refractivity contribution in [1.29, 1.82) is 0 Å². The molecule has 1 fully saturated rings. The number of hydrogen-bond acceptors (Lipinski definition) is 11. The van der Waals surface area contributed by atoms with Crippen molar-refractivity contribution < 1.29 is 61.4 Å². The van der Waals surface area contributed by atoms with Crippen LogP contribution in [0.2, 0.25) is 0 Å². The van der Waals surface area contributed by atoms with Crippen LogP contribution in [0.1, 0.15) is 6.23 Å². The normalized spacial score (nSPS) is 29.3. The molecule has 1 aromatic rings. The lowest BCUT2D eigenvalue weighted by Crippen LogP contribution is -2.37. The second kappa shape index (κ2) is 8.61. The van der Waals surface area contributed by atoms with E-state index in [4.69, 9.17) is 19.4 Å². The van der Waals surface area contributed by atoms with E-state index in [2.05, 4.69) is 13.1 Å². The lowest BCUT2D eigenvalue weighted by Gasteiger charge is -2.19. The summed E-state index contributed by atoms with van der Waals surface area (Å²) in [7, 11) is -16.8. The molecule has 0 amide bonds. The van der Waals surface area contributed by atoms with Gasteiger partial charge in [0.25, 0.3) is 5.56 Å². The van der Waals surface area contributed by atoms with Gasteiger partial charge in [-0.2, -0.15) is 8.62 Å².